The number of hydrogen-bond acceptors (Lipinski definition) is 3. The van der Waals surface area contributed by atoms with Gasteiger partial charge in [-0.3, -0.25) is 9.78 Å². The van der Waals surface area contributed by atoms with Gasteiger partial charge in [-0.2, -0.15) is 11.8 Å². The molecule has 0 spiro atoms. The van der Waals surface area contributed by atoms with Gasteiger partial charge in [-0.1, -0.05) is 0 Å². The Balaban J connectivity index is 1.90. The molecule has 3 nitrogen and oxygen atoms in total. The SMILES string of the molecule is O=C(NCC1CCSC1)c1ccncc1F. The average molecular weight is 240 g/mol. The molecule has 0 saturated carbocycles. The van der Waals surface area contributed by atoms with E-state index in [0.29, 0.717) is 12.5 Å². The van der Waals surface area contributed by atoms with Crippen LogP contribution in [-0.4, -0.2) is 28.9 Å². The minimum atomic E-state index is -0.569. The van der Waals surface area contributed by atoms with Crippen molar-refractivity contribution in [2.45, 2.75) is 6.42 Å². The molecule has 0 aliphatic carbocycles. The molecule has 86 valence electrons. The highest BCUT2D eigenvalue weighted by molar-refractivity contribution is 7.99. The number of pyridine rings is 1. The Labute approximate surface area is 97.8 Å². The van der Waals surface area contributed by atoms with Gasteiger partial charge in [-0.15, -0.1) is 0 Å². The summed E-state index contributed by atoms with van der Waals surface area (Å²) in [4.78, 5) is 15.2. The Bertz CT molecular complexity index is 380. The van der Waals surface area contributed by atoms with E-state index in [4.69, 9.17) is 0 Å². The number of hydrogen-bond donors (Lipinski definition) is 1. The van der Waals surface area contributed by atoms with Crippen molar-refractivity contribution >= 4 is 17.7 Å². The quantitative estimate of drug-likeness (QED) is 0.874. The molecule has 2 heterocycles. The van der Waals surface area contributed by atoms with Crippen molar-refractivity contribution in [2.75, 3.05) is 18.1 Å². The van der Waals surface area contributed by atoms with Crippen LogP contribution in [-0.2, 0) is 0 Å². The molecule has 5 heteroatoms. The van der Waals surface area contributed by atoms with Gasteiger partial charge in [0, 0.05) is 12.7 Å². The molecular formula is C11H13FN2OS. The van der Waals surface area contributed by atoms with Crippen molar-refractivity contribution in [1.82, 2.24) is 10.3 Å². The van der Waals surface area contributed by atoms with Crippen molar-refractivity contribution in [2.24, 2.45) is 5.92 Å². The molecule has 0 bridgehead atoms. The summed E-state index contributed by atoms with van der Waals surface area (Å²) in [6.45, 7) is 0.633. The smallest absolute Gasteiger partial charge is 0.254 e. The van der Waals surface area contributed by atoms with Gasteiger partial charge < -0.3 is 5.32 Å². The van der Waals surface area contributed by atoms with E-state index in [-0.39, 0.29) is 11.5 Å². The molecule has 1 aromatic rings. The monoisotopic (exact) mass is 240 g/mol. The zero-order chi connectivity index (χ0) is 11.4. The third-order valence-corrected chi connectivity index (χ3v) is 3.82. The van der Waals surface area contributed by atoms with Crippen LogP contribution in [0, 0.1) is 11.7 Å². The van der Waals surface area contributed by atoms with Crippen molar-refractivity contribution in [1.29, 1.82) is 0 Å². The summed E-state index contributed by atoms with van der Waals surface area (Å²) in [5.74, 6) is 1.85. The van der Waals surface area contributed by atoms with Gasteiger partial charge in [-0.25, -0.2) is 4.39 Å². The molecule has 16 heavy (non-hydrogen) atoms. The summed E-state index contributed by atoms with van der Waals surface area (Å²) < 4.78 is 13.2. The number of rotatable bonds is 3. The first-order valence-electron chi connectivity index (χ1n) is 5.23. The zero-order valence-electron chi connectivity index (χ0n) is 8.78. The van der Waals surface area contributed by atoms with Gasteiger partial charge in [0.2, 0.25) is 0 Å². The summed E-state index contributed by atoms with van der Waals surface area (Å²) in [6, 6.07) is 1.40. The lowest BCUT2D eigenvalue weighted by molar-refractivity contribution is 0.0944. The minimum Gasteiger partial charge on any atom is -0.352 e. The van der Waals surface area contributed by atoms with Crippen LogP contribution in [0.15, 0.2) is 18.5 Å². The van der Waals surface area contributed by atoms with E-state index < -0.39 is 5.82 Å². The fourth-order valence-corrected chi connectivity index (χ4v) is 2.92. The Hall–Kier alpha value is -1.10. The molecule has 1 saturated heterocycles. The molecule has 1 atom stereocenters. The lowest BCUT2D eigenvalue weighted by Gasteiger charge is -2.10. The highest BCUT2D eigenvalue weighted by atomic mass is 32.2. The molecule has 1 aromatic heterocycles. The van der Waals surface area contributed by atoms with Crippen molar-refractivity contribution < 1.29 is 9.18 Å². The second kappa shape index (κ2) is 5.30. The van der Waals surface area contributed by atoms with Gasteiger partial charge in [0.1, 0.15) is 0 Å². The molecular weight excluding hydrogens is 227 g/mol. The van der Waals surface area contributed by atoms with Crippen molar-refractivity contribution in [3.8, 4) is 0 Å². The number of carbonyl (C=O) groups excluding carboxylic acids is 1. The van der Waals surface area contributed by atoms with Gasteiger partial charge in [0.25, 0.3) is 5.91 Å². The second-order valence-corrected chi connectivity index (χ2v) is 4.94. The Morgan fingerprint density at radius 1 is 1.69 bits per heavy atom. The standard InChI is InChI=1S/C11H13FN2OS/c12-10-6-13-3-1-9(10)11(15)14-5-8-2-4-16-7-8/h1,3,6,8H,2,4-5,7H2,(H,14,15). The average Bonchev–Trinajstić information content (AvgIpc) is 2.79. The van der Waals surface area contributed by atoms with Crippen LogP contribution in [0.3, 0.4) is 0 Å². The molecule has 1 unspecified atom stereocenters. The molecule has 0 aromatic carbocycles. The molecule has 1 N–H and O–H groups in total. The number of thioether (sulfide) groups is 1. The highest BCUT2D eigenvalue weighted by Crippen LogP contribution is 2.22. The highest BCUT2D eigenvalue weighted by Gasteiger charge is 2.17. The Morgan fingerprint density at radius 2 is 2.56 bits per heavy atom. The predicted molar refractivity (Wildman–Crippen MR) is 62.0 cm³/mol. The van der Waals surface area contributed by atoms with Crippen LogP contribution in [0.5, 0.6) is 0 Å². The molecule has 1 fully saturated rings. The third kappa shape index (κ3) is 2.72. The maximum atomic E-state index is 13.2. The van der Waals surface area contributed by atoms with Crippen LogP contribution in [0.1, 0.15) is 16.8 Å². The number of amides is 1. The molecule has 1 aliphatic rings. The molecule has 1 amide bonds. The number of halogens is 1. The summed E-state index contributed by atoms with van der Waals surface area (Å²) in [7, 11) is 0. The fourth-order valence-electron chi connectivity index (χ4n) is 1.64. The maximum Gasteiger partial charge on any atom is 0.254 e. The molecule has 1 aliphatic heterocycles. The topological polar surface area (TPSA) is 42.0 Å². The van der Waals surface area contributed by atoms with Crippen LogP contribution in [0.4, 0.5) is 4.39 Å². The largest absolute Gasteiger partial charge is 0.352 e. The molecule has 0 radical (unpaired) electrons. The van der Waals surface area contributed by atoms with Crippen LogP contribution >= 0.6 is 11.8 Å². The lowest BCUT2D eigenvalue weighted by atomic mass is 10.1. The van der Waals surface area contributed by atoms with E-state index in [0.717, 1.165) is 24.1 Å². The third-order valence-electron chi connectivity index (χ3n) is 2.59. The first-order valence-corrected chi connectivity index (χ1v) is 6.38. The summed E-state index contributed by atoms with van der Waals surface area (Å²) >= 11 is 1.90. The predicted octanol–water partition coefficient (Wildman–Crippen LogP) is 1.70. The first kappa shape index (κ1) is 11.4. The summed E-state index contributed by atoms with van der Waals surface area (Å²) in [5, 5.41) is 2.76. The van der Waals surface area contributed by atoms with E-state index in [1.54, 1.807) is 0 Å². The second-order valence-electron chi connectivity index (χ2n) is 3.80. The van der Waals surface area contributed by atoms with Crippen LogP contribution < -0.4 is 5.32 Å². The summed E-state index contributed by atoms with van der Waals surface area (Å²) in [6.07, 6.45) is 3.60. The van der Waals surface area contributed by atoms with Crippen LogP contribution in [0.2, 0.25) is 0 Å². The fraction of sp³-hybridized carbons (Fsp3) is 0.455. The van der Waals surface area contributed by atoms with Gasteiger partial charge in [-0.05, 0) is 29.9 Å². The molecule has 2 rings (SSSR count). The van der Waals surface area contributed by atoms with E-state index >= 15 is 0 Å². The van der Waals surface area contributed by atoms with Crippen LogP contribution in [0.25, 0.3) is 0 Å². The maximum absolute atomic E-state index is 13.2. The Kier molecular flexibility index (Phi) is 3.77. The van der Waals surface area contributed by atoms with Gasteiger partial charge >= 0.3 is 0 Å². The zero-order valence-corrected chi connectivity index (χ0v) is 9.60. The lowest BCUT2D eigenvalue weighted by Crippen LogP contribution is -2.29. The normalized spacial score (nSPS) is 19.7. The van der Waals surface area contributed by atoms with Gasteiger partial charge in [0.05, 0.1) is 11.8 Å². The first-order chi connectivity index (χ1) is 7.77. The van der Waals surface area contributed by atoms with Crippen molar-refractivity contribution in [3.63, 3.8) is 0 Å². The number of carbonyl (C=O) groups is 1. The Morgan fingerprint density at radius 3 is 3.25 bits per heavy atom. The number of aromatic nitrogens is 1. The van der Waals surface area contributed by atoms with E-state index in [1.165, 1.54) is 12.3 Å². The number of nitrogens with zero attached hydrogens (tertiary/aromatic N) is 1. The van der Waals surface area contributed by atoms with E-state index in [2.05, 4.69) is 10.3 Å². The van der Waals surface area contributed by atoms with E-state index in [9.17, 15) is 9.18 Å². The number of nitrogens with one attached hydrogen (secondary N) is 1. The van der Waals surface area contributed by atoms with Crippen molar-refractivity contribution in [3.05, 3.63) is 29.8 Å². The summed E-state index contributed by atoms with van der Waals surface area (Å²) in [5.41, 5.74) is 0.0700. The van der Waals surface area contributed by atoms with E-state index in [1.807, 2.05) is 11.8 Å². The minimum absolute atomic E-state index is 0.0700. The van der Waals surface area contributed by atoms with Gasteiger partial charge in [0.15, 0.2) is 5.82 Å².